The Hall–Kier alpha value is -2.09. The quantitative estimate of drug-likeness (QED) is 0.843. The summed E-state index contributed by atoms with van der Waals surface area (Å²) in [7, 11) is -2.23. The molecule has 2 aromatic rings. The van der Waals surface area contributed by atoms with Crippen molar-refractivity contribution in [3.63, 3.8) is 0 Å². The van der Waals surface area contributed by atoms with E-state index in [4.69, 9.17) is 5.73 Å². The van der Waals surface area contributed by atoms with E-state index in [1.807, 2.05) is 0 Å². The molecule has 0 spiro atoms. The summed E-state index contributed by atoms with van der Waals surface area (Å²) >= 11 is 0. The third-order valence-corrected chi connectivity index (χ3v) is 3.87. The molecule has 96 valence electrons. The molecule has 0 atom stereocenters. The number of anilines is 2. The van der Waals surface area contributed by atoms with Gasteiger partial charge in [-0.3, -0.25) is 4.72 Å². The van der Waals surface area contributed by atoms with Gasteiger partial charge in [-0.1, -0.05) is 6.07 Å². The normalized spacial score (nSPS) is 11.4. The molecule has 0 aliphatic carbocycles. The van der Waals surface area contributed by atoms with Crippen molar-refractivity contribution >= 4 is 21.7 Å². The van der Waals surface area contributed by atoms with Crippen LogP contribution in [0.3, 0.4) is 0 Å². The largest absolute Gasteiger partial charge is 0.381 e. The van der Waals surface area contributed by atoms with Gasteiger partial charge in [-0.2, -0.15) is 8.42 Å². The van der Waals surface area contributed by atoms with Crippen LogP contribution in [0.25, 0.3) is 0 Å². The first-order valence-electron chi connectivity index (χ1n) is 5.13. The van der Waals surface area contributed by atoms with E-state index in [0.29, 0.717) is 0 Å². The van der Waals surface area contributed by atoms with Crippen molar-refractivity contribution in [1.82, 2.24) is 14.5 Å². The predicted octanol–water partition coefficient (Wildman–Crippen LogP) is 0.507. The number of nitrogens with one attached hydrogen (secondary N) is 1. The molecule has 0 aliphatic heterocycles. The van der Waals surface area contributed by atoms with Gasteiger partial charge in [-0.25, -0.2) is 9.97 Å². The Labute approximate surface area is 105 Å². The number of nitrogens with zero attached hydrogens (tertiary/aromatic N) is 3. The van der Waals surface area contributed by atoms with Crippen molar-refractivity contribution in [2.75, 3.05) is 10.5 Å². The van der Waals surface area contributed by atoms with Gasteiger partial charge in [0.25, 0.3) is 10.0 Å². The first kappa shape index (κ1) is 12.4. The number of nitrogens with two attached hydrogens (primary N) is 1. The van der Waals surface area contributed by atoms with Crippen LogP contribution in [0.4, 0.5) is 11.6 Å². The minimum absolute atomic E-state index is 0.0430. The Balaban J connectivity index is 2.43. The highest BCUT2D eigenvalue weighted by Gasteiger charge is 2.23. The van der Waals surface area contributed by atoms with Gasteiger partial charge >= 0.3 is 0 Å². The Morgan fingerprint density at radius 3 is 2.67 bits per heavy atom. The van der Waals surface area contributed by atoms with Gasteiger partial charge in [0.1, 0.15) is 5.82 Å². The van der Waals surface area contributed by atoms with Gasteiger partial charge in [0.2, 0.25) is 0 Å². The highest BCUT2D eigenvalue weighted by atomic mass is 32.2. The van der Waals surface area contributed by atoms with Gasteiger partial charge in [0.05, 0.1) is 6.33 Å². The number of nitrogen functional groups attached to an aromatic ring is 1. The lowest BCUT2D eigenvalue weighted by Crippen LogP contribution is -2.18. The number of rotatable bonds is 3. The van der Waals surface area contributed by atoms with Crippen molar-refractivity contribution in [3.8, 4) is 0 Å². The molecule has 18 heavy (non-hydrogen) atoms. The summed E-state index contributed by atoms with van der Waals surface area (Å²) < 4.78 is 28.1. The second-order valence-corrected chi connectivity index (χ2v) is 5.42. The third kappa shape index (κ3) is 2.14. The van der Waals surface area contributed by atoms with Crippen molar-refractivity contribution in [1.29, 1.82) is 0 Å². The highest BCUT2D eigenvalue weighted by molar-refractivity contribution is 7.92. The Morgan fingerprint density at radius 2 is 2.11 bits per heavy atom. The molecule has 0 saturated heterocycles. The lowest BCUT2D eigenvalue weighted by molar-refractivity contribution is 0.591. The number of hydrogen-bond acceptors (Lipinski definition) is 5. The molecule has 0 aliphatic rings. The van der Waals surface area contributed by atoms with Crippen LogP contribution in [0.15, 0.2) is 29.7 Å². The molecule has 0 bridgehead atoms. The first-order chi connectivity index (χ1) is 8.42. The van der Waals surface area contributed by atoms with Crippen molar-refractivity contribution in [2.45, 2.75) is 11.9 Å². The van der Waals surface area contributed by atoms with Crippen molar-refractivity contribution in [2.24, 2.45) is 7.05 Å². The minimum atomic E-state index is -3.79. The van der Waals surface area contributed by atoms with Gasteiger partial charge in [0.15, 0.2) is 10.8 Å². The standard InChI is InChI=1S/C10H13N5O2S/c1-7-4-3-5-12-9(7)14-18(16,17)10-8(11)13-6-15(10)2/h3-6H,11H2,1-2H3,(H,12,14). The third-order valence-electron chi connectivity index (χ3n) is 2.40. The maximum absolute atomic E-state index is 12.2. The number of sulfonamides is 1. The smallest absolute Gasteiger partial charge is 0.282 e. The fourth-order valence-electron chi connectivity index (χ4n) is 1.53. The average molecular weight is 267 g/mol. The summed E-state index contributed by atoms with van der Waals surface area (Å²) in [6, 6.07) is 3.49. The molecule has 2 rings (SSSR count). The fraction of sp³-hybridized carbons (Fsp3) is 0.200. The van der Waals surface area contributed by atoms with Crippen LogP contribution < -0.4 is 10.5 Å². The summed E-state index contributed by atoms with van der Waals surface area (Å²) in [5.74, 6) is 0.233. The monoisotopic (exact) mass is 267 g/mol. The molecule has 0 fully saturated rings. The lowest BCUT2D eigenvalue weighted by atomic mass is 10.3. The second-order valence-electron chi connectivity index (χ2n) is 3.82. The van der Waals surface area contributed by atoms with Crippen LogP contribution in [0, 0.1) is 6.92 Å². The van der Waals surface area contributed by atoms with Crippen LogP contribution in [-0.4, -0.2) is 23.0 Å². The fourth-order valence-corrected chi connectivity index (χ4v) is 2.85. The summed E-state index contributed by atoms with van der Waals surface area (Å²) in [5.41, 5.74) is 6.27. The van der Waals surface area contributed by atoms with E-state index in [1.54, 1.807) is 26.1 Å². The van der Waals surface area contributed by atoms with Gasteiger partial charge in [-0.05, 0) is 18.6 Å². The summed E-state index contributed by atoms with van der Waals surface area (Å²) in [5, 5.41) is -0.0763. The van der Waals surface area contributed by atoms with E-state index in [0.717, 1.165) is 5.56 Å². The molecule has 0 radical (unpaired) electrons. The van der Waals surface area contributed by atoms with Crippen molar-refractivity contribution in [3.05, 3.63) is 30.2 Å². The Kier molecular flexibility index (Phi) is 2.95. The molecular weight excluding hydrogens is 254 g/mol. The lowest BCUT2D eigenvalue weighted by Gasteiger charge is -2.09. The van der Waals surface area contributed by atoms with Crippen LogP contribution in [-0.2, 0) is 17.1 Å². The minimum Gasteiger partial charge on any atom is -0.381 e. The maximum Gasteiger partial charge on any atom is 0.282 e. The van der Waals surface area contributed by atoms with Gasteiger partial charge in [-0.15, -0.1) is 0 Å². The van der Waals surface area contributed by atoms with Gasteiger partial charge < -0.3 is 10.3 Å². The molecule has 3 N–H and O–H groups in total. The van der Waals surface area contributed by atoms with Crippen LogP contribution >= 0.6 is 0 Å². The molecule has 0 saturated carbocycles. The van der Waals surface area contributed by atoms with E-state index in [-0.39, 0.29) is 16.7 Å². The van der Waals surface area contributed by atoms with E-state index in [1.165, 1.54) is 17.1 Å². The molecule has 0 unspecified atom stereocenters. The molecule has 2 aromatic heterocycles. The van der Waals surface area contributed by atoms with E-state index < -0.39 is 10.0 Å². The summed E-state index contributed by atoms with van der Waals surface area (Å²) in [6.45, 7) is 1.76. The second kappa shape index (κ2) is 4.30. The van der Waals surface area contributed by atoms with Crippen LogP contribution in [0.5, 0.6) is 0 Å². The predicted molar refractivity (Wildman–Crippen MR) is 67.4 cm³/mol. The maximum atomic E-state index is 12.2. The SMILES string of the molecule is Cc1cccnc1NS(=O)(=O)c1c(N)ncn1C. The number of aryl methyl sites for hydroxylation is 2. The molecule has 2 heterocycles. The van der Waals surface area contributed by atoms with Crippen LogP contribution in [0.2, 0.25) is 0 Å². The zero-order valence-electron chi connectivity index (χ0n) is 9.95. The zero-order valence-corrected chi connectivity index (χ0v) is 10.8. The van der Waals surface area contributed by atoms with E-state index >= 15 is 0 Å². The van der Waals surface area contributed by atoms with Crippen molar-refractivity contribution < 1.29 is 8.42 Å². The molecule has 8 heteroatoms. The summed E-state index contributed by atoms with van der Waals surface area (Å²) in [4.78, 5) is 7.72. The molecule has 0 aromatic carbocycles. The summed E-state index contributed by atoms with van der Waals surface area (Å²) in [6.07, 6.45) is 2.85. The molecular formula is C10H13N5O2S. The molecule has 7 nitrogen and oxygen atoms in total. The number of imidazole rings is 1. The first-order valence-corrected chi connectivity index (χ1v) is 6.61. The van der Waals surface area contributed by atoms with E-state index in [9.17, 15) is 8.42 Å². The topological polar surface area (TPSA) is 103 Å². The number of hydrogen-bond donors (Lipinski definition) is 2. The average Bonchev–Trinajstić information content (AvgIpc) is 2.62. The van der Waals surface area contributed by atoms with Crippen LogP contribution in [0.1, 0.15) is 5.56 Å². The molecule has 0 amide bonds. The number of aromatic nitrogens is 3. The number of pyridine rings is 1. The highest BCUT2D eigenvalue weighted by Crippen LogP contribution is 2.20. The Bertz CT molecular complexity index is 658. The Morgan fingerprint density at radius 1 is 1.39 bits per heavy atom. The zero-order chi connectivity index (χ0) is 13.3. The van der Waals surface area contributed by atoms with E-state index in [2.05, 4.69) is 14.7 Å². The van der Waals surface area contributed by atoms with Gasteiger partial charge in [0, 0.05) is 13.2 Å².